The van der Waals surface area contributed by atoms with E-state index in [0.717, 1.165) is 22.4 Å². The van der Waals surface area contributed by atoms with Crippen LogP contribution in [0.5, 0.6) is 5.75 Å². The van der Waals surface area contributed by atoms with E-state index in [2.05, 4.69) is 15.0 Å². The predicted molar refractivity (Wildman–Crippen MR) is 132 cm³/mol. The van der Waals surface area contributed by atoms with Crippen molar-refractivity contribution < 1.29 is 13.2 Å². The third-order valence-corrected chi connectivity index (χ3v) is 6.11. The molecule has 0 radical (unpaired) electrons. The summed E-state index contributed by atoms with van der Waals surface area (Å²) in [6.07, 6.45) is 0. The summed E-state index contributed by atoms with van der Waals surface area (Å²) in [6, 6.07) is 13.2. The maximum Gasteiger partial charge on any atom is 0.240 e. The number of sulfonamides is 1. The molecule has 0 atom stereocenters. The van der Waals surface area contributed by atoms with Gasteiger partial charge in [-0.3, -0.25) is 4.99 Å². The molecule has 2 aromatic carbocycles. The molecule has 0 fully saturated rings. The number of rotatable bonds is 8. The molecule has 30 heavy (non-hydrogen) atoms. The van der Waals surface area contributed by atoms with Crippen LogP contribution in [0.4, 0.5) is 0 Å². The zero-order chi connectivity index (χ0) is 21.4. The molecule has 0 aliphatic rings. The van der Waals surface area contributed by atoms with E-state index in [9.17, 15) is 8.42 Å². The van der Waals surface area contributed by atoms with Gasteiger partial charge in [0.15, 0.2) is 5.96 Å². The van der Waals surface area contributed by atoms with E-state index in [1.165, 1.54) is 0 Å². The first-order valence-electron chi connectivity index (χ1n) is 9.39. The molecular formula is C21H31IN4O3S. The first-order valence-corrected chi connectivity index (χ1v) is 10.9. The number of hydrogen-bond acceptors (Lipinski definition) is 4. The van der Waals surface area contributed by atoms with Crippen LogP contribution >= 0.6 is 24.0 Å². The van der Waals surface area contributed by atoms with E-state index in [1.807, 2.05) is 55.3 Å². The summed E-state index contributed by atoms with van der Waals surface area (Å²) in [5.41, 5.74) is 2.67. The van der Waals surface area contributed by atoms with E-state index in [-0.39, 0.29) is 30.5 Å². The van der Waals surface area contributed by atoms with Crippen LogP contribution in [-0.4, -0.2) is 53.6 Å². The van der Waals surface area contributed by atoms with Gasteiger partial charge in [0.25, 0.3) is 0 Å². The van der Waals surface area contributed by atoms with Crippen molar-refractivity contribution in [1.29, 1.82) is 0 Å². The van der Waals surface area contributed by atoms with Gasteiger partial charge in [0, 0.05) is 39.3 Å². The summed E-state index contributed by atoms with van der Waals surface area (Å²) < 4.78 is 33.2. The quantitative estimate of drug-likeness (QED) is 0.230. The molecule has 2 rings (SSSR count). The van der Waals surface area contributed by atoms with Crippen molar-refractivity contribution in [3.05, 3.63) is 59.2 Å². The molecule has 0 saturated carbocycles. The van der Waals surface area contributed by atoms with Crippen molar-refractivity contribution in [2.75, 3.05) is 34.3 Å². The summed E-state index contributed by atoms with van der Waals surface area (Å²) in [6.45, 7) is 4.94. The van der Waals surface area contributed by atoms with Gasteiger partial charge in [-0.25, -0.2) is 13.1 Å². The average molecular weight is 546 g/mol. The van der Waals surface area contributed by atoms with Crippen LogP contribution < -0.4 is 14.8 Å². The van der Waals surface area contributed by atoms with Crippen LogP contribution in [0, 0.1) is 13.8 Å². The Balaban J connectivity index is 0.00000450. The highest BCUT2D eigenvalue weighted by atomic mass is 127. The Kier molecular flexibility index (Phi) is 10.6. The molecule has 9 heteroatoms. The fourth-order valence-electron chi connectivity index (χ4n) is 2.98. The van der Waals surface area contributed by atoms with Crippen molar-refractivity contribution in [2.45, 2.75) is 25.3 Å². The molecule has 166 valence electrons. The van der Waals surface area contributed by atoms with Crippen molar-refractivity contribution in [2.24, 2.45) is 4.99 Å². The van der Waals surface area contributed by atoms with Crippen molar-refractivity contribution in [1.82, 2.24) is 14.9 Å². The van der Waals surface area contributed by atoms with Crippen molar-refractivity contribution >= 4 is 40.0 Å². The van der Waals surface area contributed by atoms with Crippen LogP contribution in [0.3, 0.4) is 0 Å². The minimum Gasteiger partial charge on any atom is -0.496 e. The molecule has 2 N–H and O–H groups in total. The Hall–Kier alpha value is -1.85. The molecular weight excluding hydrogens is 515 g/mol. The highest BCUT2D eigenvalue weighted by molar-refractivity contribution is 14.0. The largest absolute Gasteiger partial charge is 0.496 e. The summed E-state index contributed by atoms with van der Waals surface area (Å²) >= 11 is 0. The van der Waals surface area contributed by atoms with Crippen molar-refractivity contribution in [3.8, 4) is 5.75 Å². The fraction of sp³-hybridized carbons (Fsp3) is 0.381. The Morgan fingerprint density at radius 2 is 1.83 bits per heavy atom. The van der Waals surface area contributed by atoms with Gasteiger partial charge in [0.2, 0.25) is 10.0 Å². The number of aryl methyl sites for hydroxylation is 2. The number of para-hydroxylation sites is 1. The summed E-state index contributed by atoms with van der Waals surface area (Å²) in [5, 5.41) is 3.19. The maximum absolute atomic E-state index is 12.6. The lowest BCUT2D eigenvalue weighted by atomic mass is 10.2. The molecule has 0 unspecified atom stereocenters. The SMILES string of the molecule is CN=C(NCCNS(=O)(=O)c1cc(C)ccc1C)N(C)Cc1ccccc1OC.I. The molecule has 0 saturated heterocycles. The average Bonchev–Trinajstić information content (AvgIpc) is 2.70. The molecule has 0 aliphatic heterocycles. The number of hydrogen-bond donors (Lipinski definition) is 2. The summed E-state index contributed by atoms with van der Waals surface area (Å²) in [4.78, 5) is 6.54. The van der Waals surface area contributed by atoms with Crippen LogP contribution in [-0.2, 0) is 16.6 Å². The van der Waals surface area contributed by atoms with Gasteiger partial charge in [-0.15, -0.1) is 24.0 Å². The summed E-state index contributed by atoms with van der Waals surface area (Å²) in [7, 11) is 1.71. The molecule has 7 nitrogen and oxygen atoms in total. The number of nitrogens with one attached hydrogen (secondary N) is 2. The van der Waals surface area contributed by atoms with Crippen LogP contribution in [0.15, 0.2) is 52.4 Å². The van der Waals surface area contributed by atoms with Crippen molar-refractivity contribution in [3.63, 3.8) is 0 Å². The third-order valence-electron chi connectivity index (χ3n) is 4.51. The van der Waals surface area contributed by atoms with Crippen LogP contribution in [0.2, 0.25) is 0 Å². The van der Waals surface area contributed by atoms with Crippen LogP contribution in [0.1, 0.15) is 16.7 Å². The van der Waals surface area contributed by atoms with Gasteiger partial charge in [-0.2, -0.15) is 0 Å². The second-order valence-electron chi connectivity index (χ2n) is 6.81. The van der Waals surface area contributed by atoms with E-state index >= 15 is 0 Å². The van der Waals surface area contributed by atoms with Gasteiger partial charge < -0.3 is 15.0 Å². The Labute approximate surface area is 197 Å². The fourth-order valence-corrected chi connectivity index (χ4v) is 4.34. The van der Waals surface area contributed by atoms with E-state index in [4.69, 9.17) is 4.74 Å². The first kappa shape index (κ1) is 26.2. The molecule has 0 heterocycles. The molecule has 0 bridgehead atoms. The topological polar surface area (TPSA) is 83.0 Å². The third kappa shape index (κ3) is 7.13. The number of halogens is 1. The highest BCUT2D eigenvalue weighted by Crippen LogP contribution is 2.19. The lowest BCUT2D eigenvalue weighted by molar-refractivity contribution is 0.396. The lowest BCUT2D eigenvalue weighted by Gasteiger charge is -2.23. The second kappa shape index (κ2) is 12.1. The Morgan fingerprint density at radius 3 is 2.50 bits per heavy atom. The monoisotopic (exact) mass is 546 g/mol. The predicted octanol–water partition coefficient (Wildman–Crippen LogP) is 2.92. The number of aliphatic imine (C=N–C) groups is 1. The standard InChI is InChI=1S/C21H30N4O3S.HI/c1-16-10-11-17(2)20(14-16)29(26,27)24-13-12-23-21(22-3)25(4)15-18-8-6-7-9-19(18)28-5;/h6-11,14,24H,12-13,15H2,1-5H3,(H,22,23);1H. The van der Waals surface area contributed by atoms with Gasteiger partial charge in [0.05, 0.1) is 12.0 Å². The highest BCUT2D eigenvalue weighted by Gasteiger charge is 2.16. The van der Waals surface area contributed by atoms with Gasteiger partial charge in [0.1, 0.15) is 5.75 Å². The lowest BCUT2D eigenvalue weighted by Crippen LogP contribution is -2.42. The van der Waals surface area contributed by atoms with Gasteiger partial charge >= 0.3 is 0 Å². The second-order valence-corrected chi connectivity index (χ2v) is 8.54. The Bertz CT molecular complexity index is 964. The van der Waals surface area contributed by atoms with E-state index in [1.54, 1.807) is 27.1 Å². The normalized spacial score (nSPS) is 11.6. The molecule has 2 aromatic rings. The van der Waals surface area contributed by atoms with Gasteiger partial charge in [-0.1, -0.05) is 30.3 Å². The van der Waals surface area contributed by atoms with Crippen LogP contribution in [0.25, 0.3) is 0 Å². The minimum absolute atomic E-state index is 0. The minimum atomic E-state index is -3.56. The zero-order valence-electron chi connectivity index (χ0n) is 18.1. The summed E-state index contributed by atoms with van der Waals surface area (Å²) in [5.74, 6) is 1.48. The number of benzene rings is 2. The number of ether oxygens (including phenoxy) is 1. The van der Waals surface area contributed by atoms with E-state index < -0.39 is 10.0 Å². The molecule has 0 aliphatic carbocycles. The van der Waals surface area contributed by atoms with Gasteiger partial charge in [-0.05, 0) is 37.1 Å². The smallest absolute Gasteiger partial charge is 0.240 e. The first-order chi connectivity index (χ1) is 13.8. The molecule has 0 amide bonds. The molecule has 0 aromatic heterocycles. The maximum atomic E-state index is 12.6. The number of guanidine groups is 1. The number of nitrogens with zero attached hydrogens (tertiary/aromatic N) is 2. The van der Waals surface area contributed by atoms with E-state index in [0.29, 0.717) is 23.9 Å². The zero-order valence-corrected chi connectivity index (χ0v) is 21.2. The number of methoxy groups -OCH3 is 1. The Morgan fingerprint density at radius 1 is 1.13 bits per heavy atom. The molecule has 0 spiro atoms.